The van der Waals surface area contributed by atoms with Crippen LogP contribution in [-0.2, 0) is 32.9 Å². The van der Waals surface area contributed by atoms with Gasteiger partial charge in [-0.05, 0) is 58.3 Å². The van der Waals surface area contributed by atoms with Crippen molar-refractivity contribution in [1.29, 1.82) is 0 Å². The van der Waals surface area contributed by atoms with Gasteiger partial charge in [0, 0.05) is 6.04 Å². The molecule has 0 spiro atoms. The lowest BCUT2D eigenvalue weighted by Crippen LogP contribution is -2.47. The molecule has 17 nitrogen and oxygen atoms in total. The number of anilines is 1. The minimum atomic E-state index is -4.33. The number of esters is 2. The molecule has 2 unspecified atom stereocenters. The predicted octanol–water partition coefficient (Wildman–Crippen LogP) is 2.74. The first kappa shape index (κ1) is 39.9. The van der Waals surface area contributed by atoms with Crippen molar-refractivity contribution >= 4 is 36.6 Å². The number of fused-ring (bicyclic) bond motifs is 1. The molecule has 0 amide bonds. The zero-order chi connectivity index (χ0) is 36.8. The molecule has 2 aromatic heterocycles. The minimum absolute atomic E-state index is 0.0163. The Morgan fingerprint density at radius 1 is 1.08 bits per heavy atom. The van der Waals surface area contributed by atoms with Gasteiger partial charge in [-0.25, -0.2) is 20.0 Å². The third-order valence-corrected chi connectivity index (χ3v) is 10.6. The number of H-pyrrole nitrogens is 1. The molecule has 0 aromatic carbocycles. The van der Waals surface area contributed by atoms with E-state index in [1.165, 1.54) is 17.8 Å². The van der Waals surface area contributed by atoms with E-state index in [2.05, 4.69) is 30.4 Å². The van der Waals surface area contributed by atoms with Crippen LogP contribution in [0.2, 0.25) is 0 Å². The molecule has 2 fully saturated rings. The Morgan fingerprint density at radius 2 is 1.64 bits per heavy atom. The molecular formula is C32H54N7O10P. The number of carbonyl (C=O) groups is 2. The van der Waals surface area contributed by atoms with Crippen LogP contribution in [0.1, 0.15) is 93.2 Å². The lowest BCUT2D eigenvalue weighted by atomic mass is 9.96. The van der Waals surface area contributed by atoms with Gasteiger partial charge in [0.2, 0.25) is 0 Å². The van der Waals surface area contributed by atoms with Crippen LogP contribution in [0.3, 0.4) is 0 Å². The number of carbonyl (C=O) groups excluding carboxylic acids is 2. The third-order valence-electron chi connectivity index (χ3n) is 8.78. The van der Waals surface area contributed by atoms with Gasteiger partial charge in [-0.1, -0.05) is 40.5 Å². The highest BCUT2D eigenvalue weighted by Crippen LogP contribution is 2.45. The Hall–Kier alpha value is -2.92. The molecule has 0 radical (unpaired) electrons. The lowest BCUT2D eigenvalue weighted by Gasteiger charge is -2.30. The van der Waals surface area contributed by atoms with Crippen molar-refractivity contribution in [3.8, 4) is 0 Å². The van der Waals surface area contributed by atoms with Crippen molar-refractivity contribution in [2.75, 3.05) is 25.1 Å². The van der Waals surface area contributed by atoms with Crippen LogP contribution in [0, 0.1) is 11.8 Å². The number of imidazole rings is 1. The zero-order valence-corrected chi connectivity index (χ0v) is 30.9. The quantitative estimate of drug-likeness (QED) is 0.0958. The van der Waals surface area contributed by atoms with E-state index in [0.717, 1.165) is 25.7 Å². The van der Waals surface area contributed by atoms with Gasteiger partial charge in [-0.15, -0.1) is 0 Å². The lowest BCUT2D eigenvalue weighted by molar-refractivity contribution is -0.146. The van der Waals surface area contributed by atoms with Crippen LogP contribution in [0.5, 0.6) is 0 Å². The van der Waals surface area contributed by atoms with Crippen molar-refractivity contribution in [2.24, 2.45) is 11.8 Å². The number of aromatic amines is 1. The molecule has 50 heavy (non-hydrogen) atoms. The fourth-order valence-electron chi connectivity index (χ4n) is 6.39. The molecule has 1 aliphatic heterocycles. The highest BCUT2D eigenvalue weighted by molar-refractivity contribution is 7.54. The second-order valence-electron chi connectivity index (χ2n) is 14.0. The number of aromatic nitrogens is 4. The van der Waals surface area contributed by atoms with Gasteiger partial charge in [0.15, 0.2) is 11.9 Å². The number of nitrogens with zero attached hydrogens (tertiary/aromatic N) is 3. The second kappa shape index (κ2) is 17.1. The topological polar surface area (TPSA) is 228 Å². The Labute approximate surface area is 292 Å². The van der Waals surface area contributed by atoms with Crippen LogP contribution in [-0.4, -0.2) is 97.4 Å². The molecule has 1 saturated carbocycles. The van der Waals surface area contributed by atoms with Gasteiger partial charge in [-0.2, -0.15) is 4.98 Å². The Balaban J connectivity index is 1.62. The van der Waals surface area contributed by atoms with E-state index in [1.807, 2.05) is 27.7 Å². The van der Waals surface area contributed by atoms with Crippen LogP contribution >= 0.6 is 7.67 Å². The van der Waals surface area contributed by atoms with Crippen LogP contribution in [0.4, 0.5) is 5.82 Å². The molecule has 18 heteroatoms. The van der Waals surface area contributed by atoms with Crippen molar-refractivity contribution in [2.45, 2.75) is 129 Å². The van der Waals surface area contributed by atoms with E-state index in [9.17, 15) is 29.2 Å². The number of hydrogen-bond donors (Lipinski definition) is 6. The highest BCUT2D eigenvalue weighted by atomic mass is 31.2. The molecule has 1 aliphatic carbocycles. The minimum Gasteiger partial charge on any atom is -0.465 e. The fraction of sp³-hybridized carbons (Fsp3) is 0.781. The van der Waals surface area contributed by atoms with Gasteiger partial charge >= 0.3 is 25.3 Å². The van der Waals surface area contributed by atoms with Gasteiger partial charge in [0.1, 0.15) is 41.2 Å². The van der Waals surface area contributed by atoms with E-state index >= 15 is 0 Å². The normalized spacial score (nSPS) is 24.3. The second-order valence-corrected chi connectivity index (χ2v) is 15.9. The molecule has 6 atom stereocenters. The van der Waals surface area contributed by atoms with Gasteiger partial charge in [-0.3, -0.25) is 23.7 Å². The summed E-state index contributed by atoms with van der Waals surface area (Å²) in [5, 5.41) is 31.7. The predicted molar refractivity (Wildman–Crippen MR) is 184 cm³/mol. The first-order chi connectivity index (χ1) is 23.6. The Morgan fingerprint density at radius 3 is 2.16 bits per heavy atom. The molecule has 3 heterocycles. The third kappa shape index (κ3) is 9.69. The summed E-state index contributed by atoms with van der Waals surface area (Å²) in [6.45, 7) is 11.8. The number of nitrogens with one attached hydrogen (secondary N) is 4. The van der Waals surface area contributed by atoms with Gasteiger partial charge in [0.05, 0.1) is 26.1 Å². The summed E-state index contributed by atoms with van der Waals surface area (Å²) in [7, 11) is -4.33. The summed E-state index contributed by atoms with van der Waals surface area (Å²) in [6, 6.07) is -1.98. The van der Waals surface area contributed by atoms with Gasteiger partial charge in [0.25, 0.3) is 0 Å². The van der Waals surface area contributed by atoms with Crippen molar-refractivity contribution in [3.63, 3.8) is 0 Å². The number of hydrogen-bond acceptors (Lipinski definition) is 13. The number of aliphatic hydroxyl groups is 2. The SMILES string of the molecule is CCOC(=O)[C@H](CC(C)C)NP(=O)(N[C@@H](CC(C)C)C(=O)OCC)OC[C@H]1O[C@@H](n2cnc3c(NC4CCCC4)[nH]c(=O)nc32)C(C)(O)C1O. The van der Waals surface area contributed by atoms with Crippen molar-refractivity contribution < 1.29 is 43.1 Å². The van der Waals surface area contributed by atoms with Crippen LogP contribution < -0.4 is 21.2 Å². The van der Waals surface area contributed by atoms with Crippen LogP contribution in [0.15, 0.2) is 11.1 Å². The van der Waals surface area contributed by atoms with Crippen LogP contribution in [0.25, 0.3) is 11.2 Å². The van der Waals surface area contributed by atoms with E-state index in [4.69, 9.17) is 18.7 Å². The highest BCUT2D eigenvalue weighted by Gasteiger charge is 2.54. The van der Waals surface area contributed by atoms with Crippen molar-refractivity contribution in [1.82, 2.24) is 29.7 Å². The summed E-state index contributed by atoms with van der Waals surface area (Å²) in [6.07, 6.45) is 1.75. The maximum absolute atomic E-state index is 14.6. The van der Waals surface area contributed by atoms with E-state index in [-0.39, 0.29) is 49.6 Å². The molecule has 2 aliphatic rings. The molecule has 282 valence electrons. The average molecular weight is 728 g/mol. The average Bonchev–Trinajstić information content (AvgIpc) is 3.74. The summed E-state index contributed by atoms with van der Waals surface area (Å²) >= 11 is 0. The Kier molecular flexibility index (Phi) is 13.6. The maximum Gasteiger partial charge on any atom is 0.348 e. The molecule has 2 aromatic rings. The summed E-state index contributed by atoms with van der Waals surface area (Å²) in [5.74, 6) is -0.939. The number of aliphatic hydroxyl groups excluding tert-OH is 1. The van der Waals surface area contributed by atoms with E-state index in [0.29, 0.717) is 11.3 Å². The summed E-state index contributed by atoms with van der Waals surface area (Å²) in [4.78, 5) is 49.7. The molecule has 4 rings (SSSR count). The first-order valence-corrected chi connectivity index (χ1v) is 19.1. The van der Waals surface area contributed by atoms with Gasteiger partial charge < -0.3 is 34.3 Å². The van der Waals surface area contributed by atoms with Crippen molar-refractivity contribution in [3.05, 3.63) is 16.8 Å². The smallest absolute Gasteiger partial charge is 0.348 e. The van der Waals surface area contributed by atoms with E-state index in [1.54, 1.807) is 13.8 Å². The zero-order valence-electron chi connectivity index (χ0n) is 30.0. The van der Waals surface area contributed by atoms with E-state index < -0.39 is 68.0 Å². The maximum atomic E-state index is 14.6. The monoisotopic (exact) mass is 727 g/mol. The first-order valence-electron chi connectivity index (χ1n) is 17.5. The largest absolute Gasteiger partial charge is 0.465 e. The molecular weight excluding hydrogens is 673 g/mol. The fourth-order valence-corrected chi connectivity index (χ4v) is 8.22. The number of rotatable bonds is 18. The summed E-state index contributed by atoms with van der Waals surface area (Å²) < 4.78 is 38.5. The molecule has 0 bridgehead atoms. The standard InChI is InChI=1S/C32H54N7O10P/c1-8-46-28(41)21(14-18(3)4)37-50(45,38-22(15-19(5)6)29(42)47-9-2)48-16-23-25(40)32(7,44)30(49-23)39-17-33-24-26(34-20-12-10-11-13-20)35-31(43)36-27(24)39/h17-23,25,30,40,44H,8-16H2,1-7H3,(H2,37,38,45)(H2,34,35,36,43)/t21-,22-,23+,25?,30+,32?/m0/s1. The summed E-state index contributed by atoms with van der Waals surface area (Å²) in [5.41, 5.74) is -2.11. The molecule has 6 N–H and O–H groups in total. The Bertz CT molecular complexity index is 1520. The number of ether oxygens (including phenoxy) is 3. The molecule has 1 saturated heterocycles.